The van der Waals surface area contributed by atoms with E-state index in [1.165, 1.54) is 16.8 Å². The maximum atomic E-state index is 12.9. The Morgan fingerprint density at radius 1 is 1.03 bits per heavy atom. The molecule has 1 saturated heterocycles. The third-order valence-electron chi connectivity index (χ3n) is 6.92. The first-order chi connectivity index (χ1) is 16.9. The molecule has 182 valence electrons. The molecule has 7 nitrogen and oxygen atoms in total. The van der Waals surface area contributed by atoms with Crippen LogP contribution in [-0.2, 0) is 9.53 Å². The number of fused-ring (bicyclic) bond motifs is 1. The number of nitrogens with zero attached hydrogens (tertiary/aromatic N) is 5. The zero-order valence-electron chi connectivity index (χ0n) is 21.0. The van der Waals surface area contributed by atoms with E-state index in [0.717, 1.165) is 25.0 Å². The molecule has 4 rings (SSSR count). The van der Waals surface area contributed by atoms with Crippen molar-refractivity contribution < 1.29 is 9.53 Å². The number of ether oxygens (including phenoxy) is 1. The summed E-state index contributed by atoms with van der Waals surface area (Å²) in [6.45, 7) is 11.7. The molecule has 0 radical (unpaired) electrons. The lowest BCUT2D eigenvalue weighted by Gasteiger charge is -2.38. The van der Waals surface area contributed by atoms with Crippen LogP contribution in [0.2, 0.25) is 0 Å². The van der Waals surface area contributed by atoms with Crippen molar-refractivity contribution in [1.29, 1.82) is 5.26 Å². The molecule has 0 unspecified atom stereocenters. The number of benzene rings is 2. The van der Waals surface area contributed by atoms with E-state index >= 15 is 0 Å². The number of aryl methyl sites for hydroxylation is 1. The number of nitriles is 1. The average molecular weight is 472 g/mol. The largest absolute Gasteiger partial charge is 0.464 e. The van der Waals surface area contributed by atoms with Gasteiger partial charge in [-0.1, -0.05) is 44.5 Å². The van der Waals surface area contributed by atoms with Gasteiger partial charge in [-0.3, -0.25) is 4.79 Å². The monoisotopic (exact) mass is 471 g/mol. The molecule has 2 heterocycles. The van der Waals surface area contributed by atoms with Gasteiger partial charge in [-0.25, -0.2) is 9.97 Å². The second kappa shape index (κ2) is 10.7. The van der Waals surface area contributed by atoms with Gasteiger partial charge in [0.1, 0.15) is 5.69 Å². The first-order valence-electron chi connectivity index (χ1n) is 12.3. The van der Waals surface area contributed by atoms with Crippen LogP contribution in [0.1, 0.15) is 43.0 Å². The maximum absolute atomic E-state index is 12.9. The van der Waals surface area contributed by atoms with Crippen molar-refractivity contribution in [3.05, 3.63) is 59.3 Å². The van der Waals surface area contributed by atoms with Gasteiger partial charge in [0.05, 0.1) is 23.7 Å². The molecule has 0 N–H and O–H groups in total. The third-order valence-corrected chi connectivity index (χ3v) is 6.92. The first kappa shape index (κ1) is 24.5. The van der Waals surface area contributed by atoms with Crippen LogP contribution in [0.5, 0.6) is 0 Å². The summed E-state index contributed by atoms with van der Waals surface area (Å²) in [5.41, 5.74) is 5.60. The Morgan fingerprint density at radius 3 is 2.34 bits per heavy atom. The minimum atomic E-state index is -1.12. The Kier molecular flexibility index (Phi) is 7.50. The lowest BCUT2D eigenvalue weighted by Crippen LogP contribution is -2.47. The molecule has 0 spiro atoms. The number of carbonyl (C=O) groups is 1. The van der Waals surface area contributed by atoms with Gasteiger partial charge in [0.25, 0.3) is 0 Å². The standard InChI is InChI=1S/C28H33N5O2/c1-5-19(2)18-35-28(34)22(17-29)26-27(31-24-11-7-6-10-23(24)30-26)33-15-13-32(14-16-33)25-12-8-9-20(3)21(25)4/h6-12,19,22H,5,13-16,18H2,1-4H3/t19-,22+/m1/s1. The summed E-state index contributed by atoms with van der Waals surface area (Å²) in [6, 6.07) is 16.1. The lowest BCUT2D eigenvalue weighted by molar-refractivity contribution is -0.145. The van der Waals surface area contributed by atoms with Crippen LogP contribution in [0, 0.1) is 31.1 Å². The van der Waals surface area contributed by atoms with Crippen molar-refractivity contribution in [2.45, 2.75) is 40.0 Å². The van der Waals surface area contributed by atoms with Crippen LogP contribution in [0.3, 0.4) is 0 Å². The molecule has 0 amide bonds. The fourth-order valence-electron chi connectivity index (χ4n) is 4.32. The van der Waals surface area contributed by atoms with E-state index in [4.69, 9.17) is 14.7 Å². The van der Waals surface area contributed by atoms with Crippen LogP contribution in [0.25, 0.3) is 11.0 Å². The highest BCUT2D eigenvalue weighted by atomic mass is 16.5. The zero-order chi connectivity index (χ0) is 24.9. The maximum Gasteiger partial charge on any atom is 0.329 e. The highest BCUT2D eigenvalue weighted by molar-refractivity contribution is 5.85. The molecule has 0 bridgehead atoms. The summed E-state index contributed by atoms with van der Waals surface area (Å²) in [7, 11) is 0. The number of anilines is 2. The van der Waals surface area contributed by atoms with Crippen LogP contribution >= 0.6 is 0 Å². The Bertz CT molecular complexity index is 1240. The minimum absolute atomic E-state index is 0.235. The quantitative estimate of drug-likeness (QED) is 0.459. The molecule has 35 heavy (non-hydrogen) atoms. The Labute approximate surface area is 207 Å². The van der Waals surface area contributed by atoms with Crippen LogP contribution in [0.4, 0.5) is 11.5 Å². The molecule has 7 heteroatoms. The van der Waals surface area contributed by atoms with E-state index in [0.29, 0.717) is 36.7 Å². The zero-order valence-corrected chi connectivity index (χ0v) is 21.0. The van der Waals surface area contributed by atoms with E-state index < -0.39 is 11.9 Å². The highest BCUT2D eigenvalue weighted by Gasteiger charge is 2.31. The van der Waals surface area contributed by atoms with Gasteiger partial charge >= 0.3 is 5.97 Å². The van der Waals surface area contributed by atoms with Crippen molar-refractivity contribution in [2.75, 3.05) is 42.6 Å². The number of hydrogen-bond acceptors (Lipinski definition) is 7. The van der Waals surface area contributed by atoms with E-state index in [-0.39, 0.29) is 5.92 Å². The van der Waals surface area contributed by atoms with Gasteiger partial charge in [-0.05, 0) is 49.1 Å². The van der Waals surface area contributed by atoms with Crippen molar-refractivity contribution in [3.8, 4) is 6.07 Å². The number of aromatic nitrogens is 2. The van der Waals surface area contributed by atoms with E-state index in [1.807, 2.05) is 38.1 Å². The van der Waals surface area contributed by atoms with Gasteiger partial charge in [0.15, 0.2) is 11.7 Å². The van der Waals surface area contributed by atoms with Gasteiger partial charge in [0, 0.05) is 31.9 Å². The normalized spacial score (nSPS) is 15.5. The number of esters is 1. The molecule has 3 aromatic rings. The molecule has 0 aliphatic carbocycles. The first-order valence-corrected chi connectivity index (χ1v) is 12.3. The van der Waals surface area contributed by atoms with E-state index in [1.54, 1.807) is 0 Å². The second-order valence-corrected chi connectivity index (χ2v) is 9.32. The van der Waals surface area contributed by atoms with Crippen LogP contribution in [-0.4, -0.2) is 48.7 Å². The van der Waals surface area contributed by atoms with E-state index in [2.05, 4.69) is 47.9 Å². The van der Waals surface area contributed by atoms with Crippen molar-refractivity contribution in [1.82, 2.24) is 9.97 Å². The van der Waals surface area contributed by atoms with Crippen molar-refractivity contribution in [3.63, 3.8) is 0 Å². The van der Waals surface area contributed by atoms with Gasteiger partial charge < -0.3 is 14.5 Å². The van der Waals surface area contributed by atoms with Crippen molar-refractivity contribution >= 4 is 28.5 Å². The predicted octanol–water partition coefficient (Wildman–Crippen LogP) is 4.77. The molecular weight excluding hydrogens is 438 g/mol. The van der Waals surface area contributed by atoms with Crippen LogP contribution in [0.15, 0.2) is 42.5 Å². The summed E-state index contributed by atoms with van der Waals surface area (Å²) in [5.74, 6) is -0.856. The average Bonchev–Trinajstić information content (AvgIpc) is 2.89. The molecule has 0 saturated carbocycles. The van der Waals surface area contributed by atoms with Crippen LogP contribution < -0.4 is 9.80 Å². The molecule has 1 fully saturated rings. The number of carbonyl (C=O) groups excluding carboxylic acids is 1. The molecule has 1 aliphatic heterocycles. The summed E-state index contributed by atoms with van der Waals surface area (Å²) >= 11 is 0. The molecule has 1 aliphatic rings. The number of hydrogen-bond donors (Lipinski definition) is 0. The van der Waals surface area contributed by atoms with Crippen molar-refractivity contribution in [2.24, 2.45) is 5.92 Å². The lowest BCUT2D eigenvalue weighted by atomic mass is 10.0. The van der Waals surface area contributed by atoms with Gasteiger partial charge in [-0.15, -0.1) is 0 Å². The molecule has 2 atom stereocenters. The topological polar surface area (TPSA) is 82.3 Å². The number of rotatable bonds is 7. The third kappa shape index (κ3) is 5.22. The summed E-state index contributed by atoms with van der Waals surface area (Å²) in [5, 5.41) is 9.97. The fourth-order valence-corrected chi connectivity index (χ4v) is 4.32. The van der Waals surface area contributed by atoms with E-state index in [9.17, 15) is 10.1 Å². The smallest absolute Gasteiger partial charge is 0.329 e. The Balaban J connectivity index is 1.63. The Hall–Kier alpha value is -3.66. The summed E-state index contributed by atoms with van der Waals surface area (Å²) in [4.78, 5) is 27.1. The summed E-state index contributed by atoms with van der Waals surface area (Å²) in [6.07, 6.45) is 0.899. The fraction of sp³-hybridized carbons (Fsp3) is 0.429. The van der Waals surface area contributed by atoms with Gasteiger partial charge in [0.2, 0.25) is 0 Å². The predicted molar refractivity (Wildman–Crippen MR) is 139 cm³/mol. The minimum Gasteiger partial charge on any atom is -0.464 e. The molecular formula is C28H33N5O2. The SMILES string of the molecule is CC[C@@H](C)COC(=O)[C@@H](C#N)c1nc2ccccc2nc1N1CCN(c2cccc(C)c2C)CC1. The number of piperazine rings is 1. The summed E-state index contributed by atoms with van der Waals surface area (Å²) < 4.78 is 5.50. The highest BCUT2D eigenvalue weighted by Crippen LogP contribution is 2.30. The Morgan fingerprint density at radius 2 is 1.69 bits per heavy atom. The second-order valence-electron chi connectivity index (χ2n) is 9.32. The number of para-hydroxylation sites is 2. The molecule has 1 aromatic heterocycles. The molecule has 2 aromatic carbocycles. The van der Waals surface area contributed by atoms with Gasteiger partial charge in [-0.2, -0.15) is 5.26 Å².